The lowest BCUT2D eigenvalue weighted by Gasteiger charge is -2.19. The second-order valence-corrected chi connectivity index (χ2v) is 10.5. The number of Topliss-reactive ketones (excluding diaryl/α,β-unsaturated/α-hetero) is 2. The molecule has 0 aliphatic rings. The van der Waals surface area contributed by atoms with Gasteiger partial charge < -0.3 is 24.1 Å². The lowest BCUT2D eigenvalue weighted by molar-refractivity contribution is 0.0272. The number of hydrogen-bond acceptors (Lipinski definition) is 8. The average molecular weight is 617 g/mol. The lowest BCUT2D eigenvalue weighted by atomic mass is 9.96. The van der Waals surface area contributed by atoms with Gasteiger partial charge in [0.25, 0.3) is 0 Å². The third-order valence-electron chi connectivity index (χ3n) is 7.12. The minimum absolute atomic E-state index is 0.0425. The number of esters is 1. The Morgan fingerprint density at radius 1 is 0.652 bits per heavy atom. The molecule has 0 fully saturated rings. The van der Waals surface area contributed by atoms with Crippen molar-refractivity contribution in [1.82, 2.24) is 0 Å². The third-order valence-corrected chi connectivity index (χ3v) is 7.12. The number of ether oxygens (including phenoxy) is 4. The normalized spacial score (nSPS) is 11.3. The van der Waals surface area contributed by atoms with E-state index in [-0.39, 0.29) is 22.4 Å². The maximum absolute atomic E-state index is 13.9. The van der Waals surface area contributed by atoms with Gasteiger partial charge in [0.1, 0.15) is 41.8 Å². The molecular weight excluding hydrogens is 584 g/mol. The highest BCUT2D eigenvalue weighted by Gasteiger charge is 2.36. The third kappa shape index (κ3) is 7.78. The minimum atomic E-state index is -1.92. The topological polar surface area (TPSA) is 108 Å². The summed E-state index contributed by atoms with van der Waals surface area (Å²) >= 11 is 0. The number of benzene rings is 5. The highest BCUT2D eigenvalue weighted by Crippen LogP contribution is 2.32. The van der Waals surface area contributed by atoms with Crippen molar-refractivity contribution in [3.63, 3.8) is 0 Å². The maximum Gasteiger partial charge on any atom is 0.339 e. The molecule has 5 aromatic rings. The molecule has 1 N–H and O–H groups in total. The zero-order chi connectivity index (χ0) is 32.5. The molecule has 0 bridgehead atoms. The number of hydrogen-bond donors (Lipinski definition) is 1. The molecule has 0 aliphatic carbocycles. The molecule has 5 rings (SSSR count). The van der Waals surface area contributed by atoms with Crippen LogP contribution < -0.4 is 14.2 Å². The molecule has 0 radical (unpaired) electrons. The molecule has 0 aliphatic heterocycles. The van der Waals surface area contributed by atoms with Crippen molar-refractivity contribution in [2.75, 3.05) is 7.11 Å². The van der Waals surface area contributed by atoms with Crippen LogP contribution in [0.1, 0.15) is 47.8 Å². The zero-order valence-electron chi connectivity index (χ0n) is 25.3. The van der Waals surface area contributed by atoms with Crippen LogP contribution in [0.2, 0.25) is 0 Å². The number of ketones is 2. The van der Waals surface area contributed by atoms with E-state index >= 15 is 0 Å². The predicted octanol–water partition coefficient (Wildman–Crippen LogP) is 7.16. The highest BCUT2D eigenvalue weighted by molar-refractivity contribution is 6.21. The lowest BCUT2D eigenvalue weighted by Crippen LogP contribution is -2.35. The molecule has 0 amide bonds. The van der Waals surface area contributed by atoms with Crippen LogP contribution in [-0.2, 0) is 18.0 Å². The van der Waals surface area contributed by atoms with E-state index in [2.05, 4.69) is 0 Å². The average Bonchev–Trinajstić information content (AvgIpc) is 3.09. The Kier molecular flexibility index (Phi) is 10.1. The Morgan fingerprint density at radius 2 is 1.15 bits per heavy atom. The summed E-state index contributed by atoms with van der Waals surface area (Å²) < 4.78 is 22.5. The number of carbonyl (C=O) groups excluding carboxylic acids is 3. The molecule has 0 saturated carbocycles. The van der Waals surface area contributed by atoms with Crippen molar-refractivity contribution in [2.24, 2.45) is 0 Å². The van der Waals surface area contributed by atoms with Gasteiger partial charge in [-0.05, 0) is 84.3 Å². The predicted molar refractivity (Wildman–Crippen MR) is 172 cm³/mol. The number of aryl methyl sites for hydroxylation is 1. The maximum atomic E-state index is 13.9. The summed E-state index contributed by atoms with van der Waals surface area (Å²) in [6, 6.07) is 34.5. The van der Waals surface area contributed by atoms with Crippen molar-refractivity contribution < 1.29 is 38.4 Å². The van der Waals surface area contributed by atoms with Gasteiger partial charge in [0.2, 0.25) is 17.7 Å². The van der Waals surface area contributed by atoms with E-state index in [4.69, 9.17) is 18.9 Å². The molecule has 46 heavy (non-hydrogen) atoms. The van der Waals surface area contributed by atoms with E-state index in [1.807, 2.05) is 60.7 Å². The van der Waals surface area contributed by atoms with Gasteiger partial charge in [0.05, 0.1) is 12.7 Å². The first-order valence-electron chi connectivity index (χ1n) is 14.5. The fourth-order valence-electron chi connectivity index (χ4n) is 4.71. The Balaban J connectivity index is 1.36. The van der Waals surface area contributed by atoms with Gasteiger partial charge in [0, 0.05) is 5.56 Å². The van der Waals surface area contributed by atoms with E-state index in [1.54, 1.807) is 37.3 Å². The van der Waals surface area contributed by atoms with Crippen LogP contribution in [0.3, 0.4) is 0 Å². The van der Waals surface area contributed by atoms with E-state index < -0.39 is 29.4 Å². The first-order valence-corrected chi connectivity index (χ1v) is 14.5. The van der Waals surface area contributed by atoms with Crippen LogP contribution in [0, 0.1) is 6.92 Å². The molecule has 0 saturated heterocycles. The van der Waals surface area contributed by atoms with Crippen LogP contribution in [-0.4, -0.2) is 35.9 Å². The van der Waals surface area contributed by atoms with E-state index in [1.165, 1.54) is 37.4 Å². The summed E-state index contributed by atoms with van der Waals surface area (Å²) in [4.78, 5) is 40.9. The van der Waals surface area contributed by atoms with E-state index in [9.17, 15) is 19.5 Å². The van der Waals surface area contributed by atoms with Crippen molar-refractivity contribution >= 4 is 17.5 Å². The number of methoxy groups -OCH3 is 1. The molecule has 8 heteroatoms. The number of aromatic hydroxyl groups is 1. The largest absolute Gasteiger partial charge is 0.507 e. The Bertz CT molecular complexity index is 1800. The second-order valence-electron chi connectivity index (χ2n) is 10.5. The molecule has 0 spiro atoms. The molecule has 1 unspecified atom stereocenters. The first-order chi connectivity index (χ1) is 22.3. The fraction of sp³-hybridized carbons (Fsp3) is 0.132. The second kappa shape index (κ2) is 14.7. The molecule has 0 aromatic heterocycles. The van der Waals surface area contributed by atoms with Gasteiger partial charge in [0.15, 0.2) is 0 Å². The Morgan fingerprint density at radius 3 is 1.65 bits per heavy atom. The van der Waals surface area contributed by atoms with Gasteiger partial charge in [-0.25, -0.2) is 4.79 Å². The van der Waals surface area contributed by atoms with Crippen LogP contribution in [0.25, 0.3) is 0 Å². The van der Waals surface area contributed by atoms with Crippen molar-refractivity contribution in [3.05, 3.63) is 155 Å². The van der Waals surface area contributed by atoms with Gasteiger partial charge in [-0.2, -0.15) is 0 Å². The summed E-state index contributed by atoms with van der Waals surface area (Å²) in [5.74, 6) is -1.95. The Labute approximate surface area is 266 Å². The summed E-state index contributed by atoms with van der Waals surface area (Å²) in [6.45, 7) is 2.39. The monoisotopic (exact) mass is 616 g/mol. The van der Waals surface area contributed by atoms with Crippen LogP contribution in [0.5, 0.6) is 23.0 Å². The Hall–Kier alpha value is -5.89. The number of phenolic OH excluding ortho intramolecular Hbond substituents is 1. The van der Waals surface area contributed by atoms with Crippen LogP contribution in [0.4, 0.5) is 0 Å². The number of rotatable bonds is 13. The molecular formula is C38H32O8. The minimum Gasteiger partial charge on any atom is -0.507 e. The molecule has 232 valence electrons. The summed E-state index contributed by atoms with van der Waals surface area (Å²) in [5.41, 5.74) is 2.52. The van der Waals surface area contributed by atoms with E-state index in [0.717, 1.165) is 11.1 Å². The quantitative estimate of drug-likeness (QED) is 0.0844. The van der Waals surface area contributed by atoms with Gasteiger partial charge >= 0.3 is 5.97 Å². The van der Waals surface area contributed by atoms with E-state index in [0.29, 0.717) is 30.3 Å². The summed E-state index contributed by atoms with van der Waals surface area (Å²) in [7, 11) is 1.34. The van der Waals surface area contributed by atoms with Crippen molar-refractivity contribution in [1.29, 1.82) is 0 Å². The molecule has 5 aromatic carbocycles. The standard InChI is InChI=1S/C38H32O8/c1-25-21-32(39)34(33(22-25)43-2)36(41)37(35(40)28-13-17-30(18-14-28)44-23-26-9-5-3-6-10-26)46-38(42)29-15-19-31(20-16-29)45-24-27-11-7-4-8-12-27/h3-22,37,39H,23-24H2,1-2H3. The van der Waals surface area contributed by atoms with Crippen molar-refractivity contribution in [2.45, 2.75) is 26.2 Å². The fourth-order valence-corrected chi connectivity index (χ4v) is 4.71. The SMILES string of the molecule is COc1cc(C)cc(O)c1C(=O)C(OC(=O)c1ccc(OCc2ccccc2)cc1)C(=O)c1ccc(OCc2ccccc2)cc1. The van der Waals surface area contributed by atoms with Crippen molar-refractivity contribution in [3.8, 4) is 23.0 Å². The summed E-state index contributed by atoms with van der Waals surface area (Å²) in [5, 5.41) is 10.7. The van der Waals surface area contributed by atoms with Crippen LogP contribution in [0.15, 0.2) is 121 Å². The molecule has 8 nitrogen and oxygen atoms in total. The zero-order valence-corrected chi connectivity index (χ0v) is 25.3. The van der Waals surface area contributed by atoms with Gasteiger partial charge in [-0.3, -0.25) is 9.59 Å². The molecule has 1 atom stereocenters. The first kappa shape index (κ1) is 31.5. The van der Waals surface area contributed by atoms with Gasteiger partial charge in [-0.15, -0.1) is 0 Å². The summed E-state index contributed by atoms with van der Waals surface area (Å²) in [6.07, 6.45) is -1.92. The van der Waals surface area contributed by atoms with Gasteiger partial charge in [-0.1, -0.05) is 60.7 Å². The van der Waals surface area contributed by atoms with Crippen LogP contribution >= 0.6 is 0 Å². The number of phenols is 1. The highest BCUT2D eigenvalue weighted by atomic mass is 16.6. The molecule has 0 heterocycles. The smallest absolute Gasteiger partial charge is 0.339 e. The number of carbonyl (C=O) groups is 3.